The summed E-state index contributed by atoms with van der Waals surface area (Å²) in [6.07, 6.45) is 14.6. The predicted octanol–water partition coefficient (Wildman–Crippen LogP) is 4.62. The molecule has 2 rings (SSSR count). The van der Waals surface area contributed by atoms with Crippen LogP contribution < -0.4 is 5.32 Å². The average Bonchev–Trinajstić information content (AvgIpc) is 2.93. The minimum absolute atomic E-state index is 0.499. The first kappa shape index (κ1) is 15.6. The molecule has 0 bridgehead atoms. The van der Waals surface area contributed by atoms with E-state index in [0.29, 0.717) is 18.1 Å². The highest BCUT2D eigenvalue weighted by atomic mass is 15.1. The van der Waals surface area contributed by atoms with Crippen molar-refractivity contribution < 1.29 is 0 Å². The Morgan fingerprint density at radius 2 is 2.20 bits per heavy atom. The first-order chi connectivity index (χ1) is 9.72. The molecule has 1 aromatic heterocycles. The number of hydrogen-bond donors (Lipinski definition) is 1. The van der Waals surface area contributed by atoms with Gasteiger partial charge in [0.25, 0.3) is 0 Å². The van der Waals surface area contributed by atoms with Crippen molar-refractivity contribution in [2.24, 2.45) is 0 Å². The summed E-state index contributed by atoms with van der Waals surface area (Å²) in [6.45, 7) is 6.90. The third kappa shape index (κ3) is 4.08. The molecule has 1 fully saturated rings. The fourth-order valence-electron chi connectivity index (χ4n) is 3.33. The van der Waals surface area contributed by atoms with Crippen molar-refractivity contribution in [3.8, 4) is 0 Å². The Morgan fingerprint density at radius 1 is 1.35 bits per heavy atom. The second-order valence-electron chi connectivity index (χ2n) is 6.48. The van der Waals surface area contributed by atoms with Gasteiger partial charge in [0, 0.05) is 24.3 Å². The quantitative estimate of drug-likeness (QED) is 0.737. The van der Waals surface area contributed by atoms with Crippen LogP contribution in [0.4, 0.5) is 0 Å². The maximum atomic E-state index is 4.41. The van der Waals surface area contributed by atoms with Crippen molar-refractivity contribution in [2.75, 3.05) is 0 Å². The summed E-state index contributed by atoms with van der Waals surface area (Å²) < 4.78 is 2.40. The summed E-state index contributed by atoms with van der Waals surface area (Å²) >= 11 is 0. The number of rotatable bonds is 7. The van der Waals surface area contributed by atoms with E-state index in [-0.39, 0.29) is 0 Å². The van der Waals surface area contributed by atoms with E-state index in [2.05, 4.69) is 41.8 Å². The Bertz CT molecular complexity index is 385. The zero-order valence-corrected chi connectivity index (χ0v) is 13.4. The third-order valence-corrected chi connectivity index (χ3v) is 4.62. The van der Waals surface area contributed by atoms with E-state index in [1.165, 1.54) is 57.1 Å². The van der Waals surface area contributed by atoms with Crippen molar-refractivity contribution in [1.29, 1.82) is 0 Å². The lowest BCUT2D eigenvalue weighted by atomic mass is 9.97. The van der Waals surface area contributed by atoms with E-state index in [1.54, 1.807) is 0 Å². The molecular formula is C17H31N3. The number of imidazole rings is 1. The summed E-state index contributed by atoms with van der Waals surface area (Å²) in [5, 5.41) is 3.73. The van der Waals surface area contributed by atoms with Gasteiger partial charge in [-0.3, -0.25) is 0 Å². The molecule has 1 saturated heterocycles. The number of hydrogen-bond acceptors (Lipinski definition) is 2. The molecule has 1 aromatic rings. The first-order valence-electron chi connectivity index (χ1n) is 8.50. The number of nitrogens with zero attached hydrogens (tertiary/aromatic N) is 2. The highest BCUT2D eigenvalue weighted by Crippen LogP contribution is 2.28. The summed E-state index contributed by atoms with van der Waals surface area (Å²) in [4.78, 5) is 4.41. The number of aromatic nitrogens is 2. The van der Waals surface area contributed by atoms with Gasteiger partial charge in [0.15, 0.2) is 0 Å². The minimum Gasteiger partial charge on any atom is -0.330 e. The van der Waals surface area contributed by atoms with Gasteiger partial charge in [-0.25, -0.2) is 4.98 Å². The van der Waals surface area contributed by atoms with E-state index < -0.39 is 0 Å². The van der Waals surface area contributed by atoms with Crippen LogP contribution in [-0.2, 0) is 0 Å². The van der Waals surface area contributed by atoms with Gasteiger partial charge >= 0.3 is 0 Å². The lowest BCUT2D eigenvalue weighted by Crippen LogP contribution is -2.35. The molecule has 1 N–H and O–H groups in total. The largest absolute Gasteiger partial charge is 0.330 e. The van der Waals surface area contributed by atoms with Crippen LogP contribution in [0.25, 0.3) is 0 Å². The SMILES string of the molecule is CCCCCCC(C)n1cncc1C1CCCC(C)N1. The molecule has 0 saturated carbocycles. The van der Waals surface area contributed by atoms with Gasteiger partial charge in [0.1, 0.15) is 0 Å². The van der Waals surface area contributed by atoms with Crippen LogP contribution in [0.15, 0.2) is 12.5 Å². The Hall–Kier alpha value is -0.830. The molecular weight excluding hydrogens is 246 g/mol. The maximum Gasteiger partial charge on any atom is 0.0951 e. The molecule has 2 heterocycles. The van der Waals surface area contributed by atoms with Crippen LogP contribution in [0.2, 0.25) is 0 Å². The molecule has 3 heteroatoms. The number of nitrogens with one attached hydrogen (secondary N) is 1. The summed E-state index contributed by atoms with van der Waals surface area (Å²) in [7, 11) is 0. The van der Waals surface area contributed by atoms with Gasteiger partial charge in [-0.15, -0.1) is 0 Å². The van der Waals surface area contributed by atoms with Gasteiger partial charge in [-0.05, 0) is 39.5 Å². The third-order valence-electron chi connectivity index (χ3n) is 4.62. The second kappa shape index (κ2) is 7.82. The highest BCUT2D eigenvalue weighted by molar-refractivity contribution is 5.08. The van der Waals surface area contributed by atoms with Gasteiger partial charge in [-0.2, -0.15) is 0 Å². The normalized spacial score (nSPS) is 24.8. The van der Waals surface area contributed by atoms with Crippen LogP contribution in [0.5, 0.6) is 0 Å². The fourth-order valence-corrected chi connectivity index (χ4v) is 3.33. The Morgan fingerprint density at radius 3 is 2.95 bits per heavy atom. The lowest BCUT2D eigenvalue weighted by molar-refractivity contribution is 0.321. The molecule has 3 nitrogen and oxygen atoms in total. The van der Waals surface area contributed by atoms with E-state index in [0.717, 1.165) is 0 Å². The molecule has 3 atom stereocenters. The van der Waals surface area contributed by atoms with E-state index in [1.807, 2.05) is 6.33 Å². The molecule has 3 unspecified atom stereocenters. The Labute approximate surface area is 124 Å². The van der Waals surface area contributed by atoms with Gasteiger partial charge in [-0.1, -0.05) is 32.6 Å². The summed E-state index contributed by atoms with van der Waals surface area (Å²) in [5.74, 6) is 0. The lowest BCUT2D eigenvalue weighted by Gasteiger charge is -2.30. The molecule has 0 amide bonds. The van der Waals surface area contributed by atoms with Gasteiger partial charge in [0.05, 0.1) is 12.0 Å². The van der Waals surface area contributed by atoms with Crippen molar-refractivity contribution in [1.82, 2.24) is 14.9 Å². The average molecular weight is 277 g/mol. The van der Waals surface area contributed by atoms with Gasteiger partial charge < -0.3 is 9.88 Å². The van der Waals surface area contributed by atoms with E-state index in [4.69, 9.17) is 0 Å². The van der Waals surface area contributed by atoms with Crippen molar-refractivity contribution in [2.45, 2.75) is 90.3 Å². The predicted molar refractivity (Wildman–Crippen MR) is 84.9 cm³/mol. The fraction of sp³-hybridized carbons (Fsp3) is 0.824. The van der Waals surface area contributed by atoms with Crippen LogP contribution in [0.1, 0.15) is 89.9 Å². The van der Waals surface area contributed by atoms with Crippen molar-refractivity contribution in [3.63, 3.8) is 0 Å². The highest BCUT2D eigenvalue weighted by Gasteiger charge is 2.23. The van der Waals surface area contributed by atoms with Crippen molar-refractivity contribution >= 4 is 0 Å². The standard InChI is InChI=1S/C17H31N3/c1-4-5-6-7-10-15(3)20-13-18-12-17(20)16-11-8-9-14(2)19-16/h12-16,19H,4-11H2,1-3H3. The number of piperidine rings is 1. The molecule has 0 spiro atoms. The monoisotopic (exact) mass is 277 g/mol. The number of unbranched alkanes of at least 4 members (excludes halogenated alkanes) is 3. The van der Waals surface area contributed by atoms with E-state index >= 15 is 0 Å². The van der Waals surface area contributed by atoms with Gasteiger partial charge in [0.2, 0.25) is 0 Å². The van der Waals surface area contributed by atoms with Crippen LogP contribution in [0.3, 0.4) is 0 Å². The van der Waals surface area contributed by atoms with Crippen LogP contribution in [0, 0.1) is 0 Å². The Kier molecular flexibility index (Phi) is 6.08. The maximum absolute atomic E-state index is 4.41. The molecule has 1 aliphatic rings. The summed E-state index contributed by atoms with van der Waals surface area (Å²) in [5.41, 5.74) is 1.39. The minimum atomic E-state index is 0.499. The molecule has 20 heavy (non-hydrogen) atoms. The van der Waals surface area contributed by atoms with Crippen molar-refractivity contribution in [3.05, 3.63) is 18.2 Å². The zero-order chi connectivity index (χ0) is 14.4. The Balaban J connectivity index is 1.93. The molecule has 0 aliphatic carbocycles. The molecule has 0 radical (unpaired) electrons. The summed E-state index contributed by atoms with van der Waals surface area (Å²) in [6, 6.07) is 1.71. The topological polar surface area (TPSA) is 29.9 Å². The van der Waals surface area contributed by atoms with Crippen LogP contribution in [-0.4, -0.2) is 15.6 Å². The molecule has 0 aromatic carbocycles. The molecule has 114 valence electrons. The molecule has 1 aliphatic heterocycles. The second-order valence-corrected chi connectivity index (χ2v) is 6.48. The van der Waals surface area contributed by atoms with E-state index in [9.17, 15) is 0 Å². The zero-order valence-electron chi connectivity index (χ0n) is 13.4. The smallest absolute Gasteiger partial charge is 0.0951 e. The first-order valence-corrected chi connectivity index (χ1v) is 8.50. The van der Waals surface area contributed by atoms with Crippen LogP contribution >= 0.6 is 0 Å².